The number of benzene rings is 2. The molecule has 2 atom stereocenters. The molecule has 1 fully saturated rings. The van der Waals surface area contributed by atoms with Crippen LogP contribution in [0.1, 0.15) is 23.2 Å². The molecule has 0 radical (unpaired) electrons. The maximum Gasteiger partial charge on any atom is 0.307 e. The predicted molar refractivity (Wildman–Crippen MR) is 128 cm³/mol. The Hall–Kier alpha value is -3.32. The van der Waals surface area contributed by atoms with Crippen LogP contribution in [-0.2, 0) is 9.59 Å². The number of carboxylic acid groups (broad SMARTS) is 1. The van der Waals surface area contributed by atoms with Gasteiger partial charge >= 0.3 is 5.97 Å². The van der Waals surface area contributed by atoms with Crippen LogP contribution in [0.5, 0.6) is 0 Å². The zero-order valence-corrected chi connectivity index (χ0v) is 18.9. The van der Waals surface area contributed by atoms with Gasteiger partial charge in [0.05, 0.1) is 23.1 Å². The average Bonchev–Trinajstić information content (AvgIpc) is 2.84. The van der Waals surface area contributed by atoms with E-state index in [0.717, 1.165) is 5.69 Å². The first kappa shape index (κ1) is 22.9. The summed E-state index contributed by atoms with van der Waals surface area (Å²) in [6, 6.07) is 14.5. The molecule has 7 nitrogen and oxygen atoms in total. The van der Waals surface area contributed by atoms with Gasteiger partial charge in [-0.25, -0.2) is 0 Å². The molecule has 8 heteroatoms. The summed E-state index contributed by atoms with van der Waals surface area (Å²) in [5.74, 6) is -2.95. The fourth-order valence-electron chi connectivity index (χ4n) is 4.37. The van der Waals surface area contributed by atoms with Crippen LogP contribution in [0.4, 0.5) is 11.4 Å². The van der Waals surface area contributed by atoms with Crippen molar-refractivity contribution in [3.05, 3.63) is 71.3 Å². The van der Waals surface area contributed by atoms with Crippen LogP contribution in [0, 0.1) is 11.8 Å². The lowest BCUT2D eigenvalue weighted by Crippen LogP contribution is -2.49. The Morgan fingerprint density at radius 2 is 1.52 bits per heavy atom. The molecular formula is C25H26ClN3O4. The molecule has 0 bridgehead atoms. The van der Waals surface area contributed by atoms with Crippen molar-refractivity contribution in [1.82, 2.24) is 4.90 Å². The molecule has 1 heterocycles. The third-order valence-electron chi connectivity index (χ3n) is 6.26. The Morgan fingerprint density at radius 3 is 2.18 bits per heavy atom. The Bertz CT molecular complexity index is 1060. The number of rotatable bonds is 5. The lowest BCUT2D eigenvalue weighted by molar-refractivity contribution is -0.146. The number of amides is 2. The molecule has 2 amide bonds. The van der Waals surface area contributed by atoms with Gasteiger partial charge in [0.15, 0.2) is 0 Å². The predicted octanol–water partition coefficient (Wildman–Crippen LogP) is 3.91. The Morgan fingerprint density at radius 1 is 0.879 bits per heavy atom. The Balaban J connectivity index is 1.43. The summed E-state index contributed by atoms with van der Waals surface area (Å²) in [5.41, 5.74) is 1.88. The van der Waals surface area contributed by atoms with Crippen molar-refractivity contribution in [1.29, 1.82) is 0 Å². The van der Waals surface area contributed by atoms with Crippen LogP contribution < -0.4 is 10.2 Å². The van der Waals surface area contributed by atoms with E-state index in [1.165, 1.54) is 0 Å². The summed E-state index contributed by atoms with van der Waals surface area (Å²) >= 11 is 5.97. The number of carbonyl (C=O) groups excluding carboxylic acids is 2. The molecule has 2 aromatic carbocycles. The van der Waals surface area contributed by atoms with Gasteiger partial charge < -0.3 is 20.2 Å². The van der Waals surface area contributed by atoms with Gasteiger partial charge in [0.25, 0.3) is 5.91 Å². The van der Waals surface area contributed by atoms with E-state index in [1.54, 1.807) is 35.2 Å². The van der Waals surface area contributed by atoms with Crippen molar-refractivity contribution in [3.63, 3.8) is 0 Å². The van der Waals surface area contributed by atoms with Crippen molar-refractivity contribution in [2.24, 2.45) is 11.8 Å². The molecule has 2 aromatic rings. The highest BCUT2D eigenvalue weighted by molar-refractivity contribution is 6.30. The van der Waals surface area contributed by atoms with E-state index >= 15 is 0 Å². The van der Waals surface area contributed by atoms with Crippen LogP contribution in [0.2, 0.25) is 5.02 Å². The lowest BCUT2D eigenvalue weighted by atomic mass is 9.82. The topological polar surface area (TPSA) is 90.0 Å². The van der Waals surface area contributed by atoms with E-state index in [4.69, 9.17) is 11.6 Å². The minimum absolute atomic E-state index is 0.153. The second kappa shape index (κ2) is 10.1. The molecule has 0 aromatic heterocycles. The highest BCUT2D eigenvalue weighted by Crippen LogP contribution is 2.28. The number of hydrogen-bond donors (Lipinski definition) is 2. The molecule has 0 unspecified atom stereocenters. The maximum atomic E-state index is 13.3. The average molecular weight is 468 g/mol. The first-order chi connectivity index (χ1) is 15.9. The molecule has 0 spiro atoms. The van der Waals surface area contributed by atoms with Gasteiger partial charge in [0.1, 0.15) is 0 Å². The minimum atomic E-state index is -0.984. The summed E-state index contributed by atoms with van der Waals surface area (Å²) in [7, 11) is 0. The van der Waals surface area contributed by atoms with Crippen LogP contribution in [0.3, 0.4) is 0 Å². The number of nitrogens with zero attached hydrogens (tertiary/aromatic N) is 2. The lowest BCUT2D eigenvalue weighted by Gasteiger charge is -2.36. The first-order valence-corrected chi connectivity index (χ1v) is 11.4. The number of nitrogens with one attached hydrogen (secondary N) is 1. The van der Waals surface area contributed by atoms with Crippen molar-refractivity contribution in [2.75, 3.05) is 36.4 Å². The summed E-state index contributed by atoms with van der Waals surface area (Å²) in [5, 5.41) is 13.0. The Labute approximate surface area is 197 Å². The summed E-state index contributed by atoms with van der Waals surface area (Å²) in [6.07, 6.45) is 4.32. The normalized spacial score (nSPS) is 20.4. The van der Waals surface area contributed by atoms with Gasteiger partial charge in [-0.15, -0.1) is 0 Å². The number of para-hydroxylation sites is 1. The number of anilines is 2. The first-order valence-electron chi connectivity index (χ1n) is 11.0. The van der Waals surface area contributed by atoms with Crippen LogP contribution >= 0.6 is 11.6 Å². The largest absolute Gasteiger partial charge is 0.481 e. The van der Waals surface area contributed by atoms with Gasteiger partial charge in [-0.1, -0.05) is 35.9 Å². The monoisotopic (exact) mass is 467 g/mol. The van der Waals surface area contributed by atoms with E-state index < -0.39 is 17.8 Å². The number of carbonyl (C=O) groups is 3. The molecule has 33 heavy (non-hydrogen) atoms. The summed E-state index contributed by atoms with van der Waals surface area (Å²) in [4.78, 5) is 41.7. The maximum absolute atomic E-state index is 13.3. The van der Waals surface area contributed by atoms with E-state index in [-0.39, 0.29) is 11.8 Å². The van der Waals surface area contributed by atoms with Gasteiger partial charge in [-0.2, -0.15) is 0 Å². The number of carboxylic acids is 1. The molecule has 0 saturated carbocycles. The van der Waals surface area contributed by atoms with Crippen LogP contribution in [0.25, 0.3) is 0 Å². The van der Waals surface area contributed by atoms with Gasteiger partial charge in [0.2, 0.25) is 5.91 Å². The fraction of sp³-hybridized carbons (Fsp3) is 0.320. The molecule has 1 aliphatic carbocycles. The number of halogens is 1. The summed E-state index contributed by atoms with van der Waals surface area (Å²) in [6.45, 7) is 2.49. The highest BCUT2D eigenvalue weighted by Gasteiger charge is 2.34. The number of hydrogen-bond acceptors (Lipinski definition) is 4. The second-order valence-corrected chi connectivity index (χ2v) is 8.72. The van der Waals surface area contributed by atoms with Gasteiger partial charge in [-0.05, 0) is 49.2 Å². The zero-order valence-electron chi connectivity index (χ0n) is 18.1. The highest BCUT2D eigenvalue weighted by atomic mass is 35.5. The number of aliphatic carboxylic acids is 1. The van der Waals surface area contributed by atoms with E-state index in [2.05, 4.69) is 10.2 Å². The smallest absolute Gasteiger partial charge is 0.307 e. The molecule has 4 rings (SSSR count). The van der Waals surface area contributed by atoms with Crippen molar-refractivity contribution in [3.8, 4) is 0 Å². The van der Waals surface area contributed by atoms with Crippen LogP contribution in [-0.4, -0.2) is 54.0 Å². The quantitative estimate of drug-likeness (QED) is 0.651. The van der Waals surface area contributed by atoms with Crippen molar-refractivity contribution < 1.29 is 19.5 Å². The number of piperazine rings is 1. The number of allylic oxidation sites excluding steroid dienone is 2. The van der Waals surface area contributed by atoms with Crippen molar-refractivity contribution >= 4 is 40.8 Å². The third kappa shape index (κ3) is 5.20. The Kier molecular flexibility index (Phi) is 6.99. The second-order valence-electron chi connectivity index (χ2n) is 8.28. The molecule has 1 aliphatic heterocycles. The molecule has 2 N–H and O–H groups in total. The molecule has 2 aliphatic rings. The summed E-state index contributed by atoms with van der Waals surface area (Å²) < 4.78 is 0. The third-order valence-corrected chi connectivity index (χ3v) is 6.51. The zero-order chi connectivity index (χ0) is 23.4. The van der Waals surface area contributed by atoms with Crippen molar-refractivity contribution in [2.45, 2.75) is 12.8 Å². The molecule has 1 saturated heterocycles. The SMILES string of the molecule is O=C(Nc1ccccc1C(=O)N1CCN(c2ccc(Cl)cc2)CC1)[C@H]1CC=CC[C@H]1C(=O)O. The molecule has 172 valence electrons. The van der Waals surface area contributed by atoms with Crippen LogP contribution in [0.15, 0.2) is 60.7 Å². The standard InChI is InChI=1S/C25H26ClN3O4/c26-17-9-11-18(12-10-17)28-13-15-29(16-14-28)24(31)21-7-3-4-8-22(21)27-23(30)19-5-1-2-6-20(19)25(32)33/h1-4,7-12,19-20H,5-6,13-16H2,(H,27,30)(H,32,33)/t19-,20+/m0/s1. The van der Waals surface area contributed by atoms with E-state index in [1.807, 2.05) is 30.3 Å². The van der Waals surface area contributed by atoms with E-state index in [9.17, 15) is 19.5 Å². The minimum Gasteiger partial charge on any atom is -0.481 e. The van der Waals surface area contributed by atoms with Gasteiger partial charge in [-0.3, -0.25) is 14.4 Å². The van der Waals surface area contributed by atoms with Gasteiger partial charge in [0, 0.05) is 36.9 Å². The van der Waals surface area contributed by atoms with E-state index in [0.29, 0.717) is 55.3 Å². The molecular weight excluding hydrogens is 442 g/mol. The fourth-order valence-corrected chi connectivity index (χ4v) is 4.50.